The molecule has 6 heteroatoms. The molecule has 1 atom stereocenters. The molecule has 1 unspecified atom stereocenters. The van der Waals surface area contributed by atoms with Crippen molar-refractivity contribution >= 4 is 17.7 Å². The molecule has 1 fully saturated rings. The minimum absolute atomic E-state index is 0.00434. The molecule has 2 aliphatic rings. The minimum atomic E-state index is -0.0388. The number of anilines is 2. The summed E-state index contributed by atoms with van der Waals surface area (Å²) in [6.45, 7) is 3.63. The Kier molecular flexibility index (Phi) is 4.96. The minimum Gasteiger partial charge on any atom is -0.347 e. The van der Waals surface area contributed by atoms with Crippen molar-refractivity contribution in [1.29, 1.82) is 0 Å². The zero-order valence-electron chi connectivity index (χ0n) is 17.0. The Morgan fingerprint density at radius 2 is 2.11 bits per heavy atom. The second-order valence-electron chi connectivity index (χ2n) is 8.18. The van der Waals surface area contributed by atoms with Gasteiger partial charge in [0.15, 0.2) is 0 Å². The molecule has 1 aromatic heterocycles. The fourth-order valence-corrected chi connectivity index (χ4v) is 4.59. The third kappa shape index (κ3) is 3.32. The van der Waals surface area contributed by atoms with Crippen LogP contribution < -0.4 is 10.2 Å². The largest absolute Gasteiger partial charge is 0.347 e. The van der Waals surface area contributed by atoms with Crippen molar-refractivity contribution in [2.45, 2.75) is 44.4 Å². The highest BCUT2D eigenvalue weighted by Gasteiger charge is 2.44. The molecule has 1 spiro atoms. The number of benzene rings is 1. The summed E-state index contributed by atoms with van der Waals surface area (Å²) in [4.78, 5) is 26.3. The highest BCUT2D eigenvalue weighted by Crippen LogP contribution is 2.44. The number of rotatable bonds is 3. The van der Waals surface area contributed by atoms with E-state index in [0.717, 1.165) is 68.1 Å². The lowest BCUT2D eigenvalue weighted by atomic mass is 9.77. The number of carbonyl (C=O) groups is 1. The average molecular weight is 380 g/mol. The summed E-state index contributed by atoms with van der Waals surface area (Å²) in [7, 11) is 3.93. The van der Waals surface area contributed by atoms with Gasteiger partial charge in [-0.3, -0.25) is 0 Å². The predicted molar refractivity (Wildman–Crippen MR) is 112 cm³/mol. The van der Waals surface area contributed by atoms with E-state index in [0.29, 0.717) is 0 Å². The maximum Gasteiger partial charge on any atom is 0.321 e. The van der Waals surface area contributed by atoms with Crippen molar-refractivity contribution in [3.63, 3.8) is 0 Å². The summed E-state index contributed by atoms with van der Waals surface area (Å²) in [5.41, 5.74) is 4.43. The van der Waals surface area contributed by atoms with Gasteiger partial charge in [-0.15, -0.1) is 0 Å². The molecule has 1 aliphatic carbocycles. The van der Waals surface area contributed by atoms with Crippen LogP contribution in [0.4, 0.5) is 16.4 Å². The summed E-state index contributed by atoms with van der Waals surface area (Å²) in [5.74, 6) is 0.749. The third-order valence-electron chi connectivity index (χ3n) is 6.13. The van der Waals surface area contributed by atoms with Crippen LogP contribution in [0.5, 0.6) is 0 Å². The monoisotopic (exact) mass is 379 g/mol. The van der Waals surface area contributed by atoms with Gasteiger partial charge < -0.3 is 15.1 Å². The number of hydrogen-bond acceptors (Lipinski definition) is 4. The van der Waals surface area contributed by atoms with Crippen LogP contribution in [0.3, 0.4) is 0 Å². The number of aromatic nitrogens is 2. The first-order chi connectivity index (χ1) is 13.5. The summed E-state index contributed by atoms with van der Waals surface area (Å²) in [5, 5.41) is 3.14. The number of nitrogens with zero attached hydrogens (tertiary/aromatic N) is 4. The number of carbonyl (C=O) groups excluding carboxylic acids is 1. The van der Waals surface area contributed by atoms with Gasteiger partial charge in [0.25, 0.3) is 0 Å². The van der Waals surface area contributed by atoms with Crippen molar-refractivity contribution in [3.8, 4) is 0 Å². The lowest BCUT2D eigenvalue weighted by molar-refractivity contribution is 0.157. The van der Waals surface area contributed by atoms with E-state index in [1.165, 1.54) is 5.56 Å². The summed E-state index contributed by atoms with van der Waals surface area (Å²) in [6.07, 6.45) is 7.00. The van der Waals surface area contributed by atoms with Gasteiger partial charge in [0, 0.05) is 44.5 Å². The summed E-state index contributed by atoms with van der Waals surface area (Å²) >= 11 is 0. The van der Waals surface area contributed by atoms with Gasteiger partial charge in [-0.05, 0) is 49.3 Å². The van der Waals surface area contributed by atoms with Crippen LogP contribution in [0.1, 0.15) is 43.0 Å². The van der Waals surface area contributed by atoms with E-state index in [-0.39, 0.29) is 11.4 Å². The number of fused-ring (bicyclic) bond motifs is 2. The van der Waals surface area contributed by atoms with Crippen LogP contribution in [0.2, 0.25) is 0 Å². The number of aryl methyl sites for hydroxylation is 2. The van der Waals surface area contributed by atoms with Crippen molar-refractivity contribution in [2.24, 2.45) is 0 Å². The second-order valence-corrected chi connectivity index (χ2v) is 8.18. The average Bonchev–Trinajstić information content (AvgIpc) is 3.05. The fourth-order valence-electron chi connectivity index (χ4n) is 4.59. The van der Waals surface area contributed by atoms with Crippen LogP contribution in [-0.2, 0) is 18.3 Å². The van der Waals surface area contributed by atoms with Crippen LogP contribution in [0.15, 0.2) is 30.5 Å². The van der Waals surface area contributed by atoms with E-state index >= 15 is 0 Å². The van der Waals surface area contributed by atoms with Gasteiger partial charge in [-0.2, -0.15) is 0 Å². The SMILES string of the molecule is CCc1ccccc1NC(=O)N1CCCC2(CCc3cnc(N(C)C)nc32)C1. The van der Waals surface area contributed by atoms with Gasteiger partial charge in [0.2, 0.25) is 5.95 Å². The normalized spacial score (nSPS) is 20.9. The van der Waals surface area contributed by atoms with Crippen molar-refractivity contribution in [3.05, 3.63) is 47.3 Å². The molecule has 0 radical (unpaired) electrons. The highest BCUT2D eigenvalue weighted by molar-refractivity contribution is 5.90. The first-order valence-corrected chi connectivity index (χ1v) is 10.2. The molecule has 2 amide bonds. The quantitative estimate of drug-likeness (QED) is 0.885. The predicted octanol–water partition coefficient (Wildman–Crippen LogP) is 3.62. The maximum absolute atomic E-state index is 13.0. The number of hydrogen-bond donors (Lipinski definition) is 1. The van der Waals surface area contributed by atoms with E-state index in [9.17, 15) is 4.79 Å². The van der Waals surface area contributed by atoms with E-state index < -0.39 is 0 Å². The Bertz CT molecular complexity index is 877. The number of likely N-dealkylation sites (tertiary alicyclic amines) is 1. The molecule has 1 saturated heterocycles. The lowest BCUT2D eigenvalue weighted by Gasteiger charge is -2.40. The standard InChI is InChI=1S/C22H29N5O/c1-4-16-8-5-6-9-18(16)24-21(28)27-13-7-11-22(15-27)12-10-17-14-23-20(26(2)3)25-19(17)22/h5-6,8-9,14H,4,7,10-13,15H2,1-3H3,(H,24,28). The van der Waals surface area contributed by atoms with Crippen LogP contribution in [0.25, 0.3) is 0 Å². The van der Waals surface area contributed by atoms with E-state index in [4.69, 9.17) is 4.98 Å². The first kappa shape index (κ1) is 18.7. The molecule has 1 aromatic carbocycles. The van der Waals surface area contributed by atoms with Gasteiger partial charge in [-0.25, -0.2) is 14.8 Å². The molecular weight excluding hydrogens is 350 g/mol. The van der Waals surface area contributed by atoms with Gasteiger partial charge in [-0.1, -0.05) is 25.1 Å². The molecular formula is C22H29N5O. The molecule has 148 valence electrons. The fraction of sp³-hybridized carbons (Fsp3) is 0.500. The van der Waals surface area contributed by atoms with Crippen molar-refractivity contribution in [2.75, 3.05) is 37.4 Å². The molecule has 6 nitrogen and oxygen atoms in total. The molecule has 0 bridgehead atoms. The Balaban J connectivity index is 1.56. The van der Waals surface area contributed by atoms with Gasteiger partial charge >= 0.3 is 6.03 Å². The Morgan fingerprint density at radius 3 is 2.89 bits per heavy atom. The highest BCUT2D eigenvalue weighted by atomic mass is 16.2. The number of para-hydroxylation sites is 1. The van der Waals surface area contributed by atoms with Gasteiger partial charge in [0.1, 0.15) is 0 Å². The molecule has 1 N–H and O–H groups in total. The Labute approximate surface area is 167 Å². The number of nitrogens with one attached hydrogen (secondary N) is 1. The number of amides is 2. The molecule has 1 aliphatic heterocycles. The van der Waals surface area contributed by atoms with Crippen LogP contribution >= 0.6 is 0 Å². The zero-order chi connectivity index (χ0) is 19.7. The second kappa shape index (κ2) is 7.41. The van der Waals surface area contributed by atoms with Crippen LogP contribution in [0, 0.1) is 0 Å². The Hall–Kier alpha value is -2.63. The molecule has 2 aromatic rings. The van der Waals surface area contributed by atoms with Crippen molar-refractivity contribution < 1.29 is 4.79 Å². The van der Waals surface area contributed by atoms with E-state index in [1.807, 2.05) is 48.3 Å². The number of piperidine rings is 1. The molecule has 4 rings (SSSR count). The Morgan fingerprint density at radius 1 is 1.29 bits per heavy atom. The summed E-state index contributed by atoms with van der Waals surface area (Å²) < 4.78 is 0. The molecule has 0 saturated carbocycles. The zero-order valence-corrected chi connectivity index (χ0v) is 17.0. The van der Waals surface area contributed by atoms with E-state index in [2.05, 4.69) is 23.3 Å². The van der Waals surface area contributed by atoms with Crippen molar-refractivity contribution in [1.82, 2.24) is 14.9 Å². The first-order valence-electron chi connectivity index (χ1n) is 10.2. The number of urea groups is 1. The third-order valence-corrected chi connectivity index (χ3v) is 6.13. The molecule has 2 heterocycles. The maximum atomic E-state index is 13.0. The van der Waals surface area contributed by atoms with Gasteiger partial charge in [0.05, 0.1) is 5.69 Å². The smallest absolute Gasteiger partial charge is 0.321 e. The topological polar surface area (TPSA) is 61.4 Å². The van der Waals surface area contributed by atoms with E-state index in [1.54, 1.807) is 0 Å². The lowest BCUT2D eigenvalue weighted by Crippen LogP contribution is -2.49. The summed E-state index contributed by atoms with van der Waals surface area (Å²) in [6, 6.07) is 8.04. The van der Waals surface area contributed by atoms with Crippen LogP contribution in [-0.4, -0.2) is 48.1 Å². The molecule has 28 heavy (non-hydrogen) atoms.